The fraction of sp³-hybridized carbons (Fsp3) is 0. The Balaban J connectivity index is 1.13. The average Bonchev–Trinajstić information content (AvgIpc) is 3.82. The Morgan fingerprint density at radius 1 is 0.532 bits per heavy atom. The second-order valence-corrected chi connectivity index (χ2v) is 11.7. The van der Waals surface area contributed by atoms with Gasteiger partial charge in [0.25, 0.3) is 0 Å². The summed E-state index contributed by atoms with van der Waals surface area (Å²) in [6, 6.07) is 46.8. The molecule has 0 aliphatic heterocycles. The van der Waals surface area contributed by atoms with Crippen LogP contribution in [0.25, 0.3) is 88.8 Å². The second kappa shape index (κ2) is 9.99. The van der Waals surface area contributed by atoms with Crippen LogP contribution in [0.15, 0.2) is 156 Å². The lowest BCUT2D eigenvalue weighted by Gasteiger charge is -2.12. The number of para-hydroxylation sites is 5. The molecule has 220 valence electrons. The van der Waals surface area contributed by atoms with Gasteiger partial charge in [0.05, 0.1) is 28.3 Å². The number of fused-ring (bicyclic) bond motifs is 7. The topological polar surface area (TPSA) is 61.7 Å². The summed E-state index contributed by atoms with van der Waals surface area (Å²) >= 11 is 0. The molecule has 10 aromatic rings. The highest BCUT2D eigenvalue weighted by atomic mass is 16.3. The van der Waals surface area contributed by atoms with Crippen molar-refractivity contribution in [1.29, 1.82) is 0 Å². The average molecular weight is 604 g/mol. The summed E-state index contributed by atoms with van der Waals surface area (Å²) in [5.41, 5.74) is 11.1. The van der Waals surface area contributed by atoms with Gasteiger partial charge in [-0.2, -0.15) is 0 Å². The molecule has 0 saturated carbocycles. The third-order valence-electron chi connectivity index (χ3n) is 9.11. The van der Waals surface area contributed by atoms with Crippen LogP contribution < -0.4 is 0 Å². The second-order valence-electron chi connectivity index (χ2n) is 11.7. The molecule has 4 heterocycles. The van der Waals surface area contributed by atoms with E-state index in [1.165, 1.54) is 10.8 Å². The smallest absolute Gasteiger partial charge is 0.166 e. The van der Waals surface area contributed by atoms with Gasteiger partial charge >= 0.3 is 0 Å². The van der Waals surface area contributed by atoms with E-state index < -0.39 is 0 Å². The molecular formula is C41H25N5O. The molecule has 0 unspecified atom stereocenters. The van der Waals surface area contributed by atoms with Crippen LogP contribution in [-0.2, 0) is 0 Å². The van der Waals surface area contributed by atoms with Crippen molar-refractivity contribution >= 4 is 54.8 Å². The molecular weight excluding hydrogens is 578 g/mol. The molecule has 0 aliphatic rings. The van der Waals surface area contributed by atoms with Crippen LogP contribution in [0.3, 0.4) is 0 Å². The molecule has 0 radical (unpaired) electrons. The van der Waals surface area contributed by atoms with Crippen LogP contribution >= 0.6 is 0 Å². The third kappa shape index (κ3) is 3.88. The Labute approximate surface area is 268 Å². The summed E-state index contributed by atoms with van der Waals surface area (Å²) in [6.45, 7) is 0. The minimum absolute atomic E-state index is 0.726. The Bertz CT molecular complexity index is 2790. The summed E-state index contributed by atoms with van der Waals surface area (Å²) in [7, 11) is 0. The van der Waals surface area contributed by atoms with E-state index in [2.05, 4.69) is 122 Å². The lowest BCUT2D eigenvalue weighted by atomic mass is 10.0. The van der Waals surface area contributed by atoms with E-state index in [1.807, 2.05) is 30.3 Å². The van der Waals surface area contributed by atoms with Gasteiger partial charge in [-0.1, -0.05) is 72.8 Å². The number of aromatic nitrogens is 5. The zero-order valence-corrected chi connectivity index (χ0v) is 25.1. The number of hydrogen-bond acceptors (Lipinski definition) is 4. The molecule has 0 fully saturated rings. The highest BCUT2D eigenvalue weighted by Gasteiger charge is 2.18. The Kier molecular flexibility index (Phi) is 5.48. The molecule has 47 heavy (non-hydrogen) atoms. The number of rotatable bonds is 4. The molecule has 0 N–H and O–H groups in total. The van der Waals surface area contributed by atoms with E-state index in [-0.39, 0.29) is 0 Å². The maximum absolute atomic E-state index is 6.40. The molecule has 6 heteroatoms. The van der Waals surface area contributed by atoms with Gasteiger partial charge < -0.3 is 8.98 Å². The van der Waals surface area contributed by atoms with Crippen molar-refractivity contribution < 1.29 is 4.42 Å². The van der Waals surface area contributed by atoms with Gasteiger partial charge in [-0.3, -0.25) is 9.55 Å². The highest BCUT2D eigenvalue weighted by Crippen LogP contribution is 2.39. The number of benzene rings is 6. The minimum atomic E-state index is 0.726. The fourth-order valence-corrected chi connectivity index (χ4v) is 7.02. The van der Waals surface area contributed by atoms with E-state index in [9.17, 15) is 0 Å². The van der Waals surface area contributed by atoms with Crippen LogP contribution in [0.4, 0.5) is 0 Å². The van der Waals surface area contributed by atoms with E-state index in [4.69, 9.17) is 9.40 Å². The zero-order valence-electron chi connectivity index (χ0n) is 25.1. The molecule has 0 atom stereocenters. The molecule has 4 aromatic heterocycles. The molecule has 0 bridgehead atoms. The first kappa shape index (κ1) is 25.8. The number of imidazole rings is 1. The van der Waals surface area contributed by atoms with Crippen molar-refractivity contribution in [3.05, 3.63) is 152 Å². The molecule has 0 amide bonds. The molecule has 10 rings (SSSR count). The summed E-state index contributed by atoms with van der Waals surface area (Å²) in [5.74, 6) is 0.760. The van der Waals surface area contributed by atoms with Crippen LogP contribution in [-0.4, -0.2) is 24.1 Å². The number of hydrogen-bond donors (Lipinski definition) is 0. The van der Waals surface area contributed by atoms with Crippen LogP contribution in [0.2, 0.25) is 0 Å². The fourth-order valence-electron chi connectivity index (χ4n) is 7.02. The first-order valence-corrected chi connectivity index (χ1v) is 15.6. The zero-order chi connectivity index (χ0) is 30.9. The van der Waals surface area contributed by atoms with Crippen molar-refractivity contribution in [2.45, 2.75) is 0 Å². The van der Waals surface area contributed by atoms with Gasteiger partial charge in [0.1, 0.15) is 16.9 Å². The van der Waals surface area contributed by atoms with E-state index in [0.717, 1.165) is 78.0 Å². The van der Waals surface area contributed by atoms with Crippen LogP contribution in [0.1, 0.15) is 0 Å². The Hall–Kier alpha value is -6.53. The minimum Gasteiger partial charge on any atom is -0.455 e. The standard InChI is InChI=1S/C41H25N5O/c1-4-13-36-30(8-1)33-24-26(29-10-7-11-32-31-9-2-6-15-39(31)47-40(29)32)16-21-37(33)45(36)27-17-19-28(20-18-27)46-38-14-5-3-12-34(38)44-41(46)35-25-42-22-23-43-35/h1-25H. The van der Waals surface area contributed by atoms with Gasteiger partial charge in [-0.25, -0.2) is 9.97 Å². The normalized spacial score (nSPS) is 11.8. The van der Waals surface area contributed by atoms with Crippen LogP contribution in [0.5, 0.6) is 0 Å². The summed E-state index contributed by atoms with van der Waals surface area (Å²) in [4.78, 5) is 13.8. The maximum Gasteiger partial charge on any atom is 0.166 e. The third-order valence-corrected chi connectivity index (χ3v) is 9.11. The highest BCUT2D eigenvalue weighted by molar-refractivity contribution is 6.13. The number of nitrogens with zero attached hydrogens (tertiary/aromatic N) is 5. The van der Waals surface area contributed by atoms with Gasteiger partial charge in [-0.05, 0) is 66.2 Å². The molecule has 0 aliphatic carbocycles. The predicted molar refractivity (Wildman–Crippen MR) is 189 cm³/mol. The summed E-state index contributed by atoms with van der Waals surface area (Å²) in [5, 5.41) is 4.67. The lowest BCUT2D eigenvalue weighted by molar-refractivity contribution is 0.670. The monoisotopic (exact) mass is 603 g/mol. The maximum atomic E-state index is 6.40. The van der Waals surface area contributed by atoms with Gasteiger partial charge in [-0.15, -0.1) is 0 Å². The molecule has 0 spiro atoms. The van der Waals surface area contributed by atoms with E-state index in [0.29, 0.717) is 0 Å². The first-order valence-electron chi connectivity index (χ1n) is 15.6. The van der Waals surface area contributed by atoms with Gasteiger partial charge in [0, 0.05) is 50.9 Å². The van der Waals surface area contributed by atoms with Gasteiger partial charge in [0.15, 0.2) is 5.82 Å². The molecule has 6 nitrogen and oxygen atoms in total. The lowest BCUT2D eigenvalue weighted by Crippen LogP contribution is -2.00. The summed E-state index contributed by atoms with van der Waals surface area (Å²) < 4.78 is 10.9. The number of furan rings is 1. The van der Waals surface area contributed by atoms with Crippen molar-refractivity contribution in [2.75, 3.05) is 0 Å². The van der Waals surface area contributed by atoms with Crippen molar-refractivity contribution in [3.63, 3.8) is 0 Å². The Morgan fingerprint density at radius 2 is 1.26 bits per heavy atom. The predicted octanol–water partition coefficient (Wildman–Crippen LogP) is 10.1. The van der Waals surface area contributed by atoms with Gasteiger partial charge in [0.2, 0.25) is 0 Å². The van der Waals surface area contributed by atoms with Crippen molar-refractivity contribution in [1.82, 2.24) is 24.1 Å². The van der Waals surface area contributed by atoms with E-state index in [1.54, 1.807) is 18.6 Å². The molecule has 0 saturated heterocycles. The van der Waals surface area contributed by atoms with Crippen molar-refractivity contribution in [2.24, 2.45) is 0 Å². The van der Waals surface area contributed by atoms with E-state index >= 15 is 0 Å². The largest absolute Gasteiger partial charge is 0.455 e. The van der Waals surface area contributed by atoms with Crippen LogP contribution in [0, 0.1) is 0 Å². The SMILES string of the molecule is c1ccc2c(c1)nc(-c1cnccn1)n2-c1ccc(-n2c3ccccc3c3cc(-c4cccc5c4oc4ccccc45)ccc32)cc1. The Morgan fingerprint density at radius 3 is 2.11 bits per heavy atom. The van der Waals surface area contributed by atoms with Crippen molar-refractivity contribution in [3.8, 4) is 34.0 Å². The first-order chi connectivity index (χ1) is 23.3. The molecule has 6 aromatic carbocycles. The summed E-state index contributed by atoms with van der Waals surface area (Å²) in [6.07, 6.45) is 5.14. The quantitative estimate of drug-likeness (QED) is 0.201.